The summed E-state index contributed by atoms with van der Waals surface area (Å²) in [5.74, 6) is 0. The molecule has 1 N–H and O–H groups in total. The van der Waals surface area contributed by atoms with Crippen LogP contribution in [-0.2, 0) is 0 Å². The number of aliphatic hydroxyl groups excluding tert-OH is 1. The maximum absolute atomic E-state index is 10.3. The van der Waals surface area contributed by atoms with E-state index in [1.807, 2.05) is 49.4 Å². The first-order valence-electron chi connectivity index (χ1n) is 5.28. The lowest BCUT2D eigenvalue weighted by Gasteiger charge is -2.14. The summed E-state index contributed by atoms with van der Waals surface area (Å²) in [6, 6.07) is 13.3. The standard InChI is InChI=1S/C14H12BrClO/c1-9-3-2-4-12(13(9)16)14(17)10-5-7-11(15)8-6-10/h2-8,14,17H,1H3. The van der Waals surface area contributed by atoms with E-state index in [-0.39, 0.29) is 0 Å². The Morgan fingerprint density at radius 1 is 1.12 bits per heavy atom. The summed E-state index contributed by atoms with van der Waals surface area (Å²) in [6.07, 6.45) is -0.685. The largest absolute Gasteiger partial charge is 0.384 e. The van der Waals surface area contributed by atoms with E-state index in [4.69, 9.17) is 11.6 Å². The Bertz CT molecular complexity index is 522. The average Bonchev–Trinajstić information content (AvgIpc) is 2.33. The van der Waals surface area contributed by atoms with Crippen LogP contribution in [0.3, 0.4) is 0 Å². The predicted octanol–water partition coefficient (Wildman–Crippen LogP) is 4.49. The number of aliphatic hydroxyl groups is 1. The zero-order chi connectivity index (χ0) is 12.4. The molecule has 0 aliphatic carbocycles. The van der Waals surface area contributed by atoms with Crippen LogP contribution in [0.2, 0.25) is 5.02 Å². The number of aryl methyl sites for hydroxylation is 1. The Hall–Kier alpha value is -0.830. The molecule has 1 nitrogen and oxygen atoms in total. The minimum Gasteiger partial charge on any atom is -0.384 e. The molecule has 2 rings (SSSR count). The van der Waals surface area contributed by atoms with E-state index in [9.17, 15) is 5.11 Å². The molecule has 0 heterocycles. The molecule has 0 aromatic heterocycles. The third-order valence-electron chi connectivity index (χ3n) is 2.70. The normalized spacial score (nSPS) is 12.5. The second-order valence-corrected chi connectivity index (χ2v) is 5.23. The van der Waals surface area contributed by atoms with Crippen molar-refractivity contribution < 1.29 is 5.11 Å². The van der Waals surface area contributed by atoms with Crippen molar-refractivity contribution in [2.24, 2.45) is 0 Å². The van der Waals surface area contributed by atoms with Crippen LogP contribution in [0.4, 0.5) is 0 Å². The number of hydrogen-bond donors (Lipinski definition) is 1. The maximum Gasteiger partial charge on any atom is 0.105 e. The Kier molecular flexibility index (Phi) is 3.87. The summed E-state index contributed by atoms with van der Waals surface area (Å²) in [5, 5.41) is 10.9. The highest BCUT2D eigenvalue weighted by atomic mass is 79.9. The summed E-state index contributed by atoms with van der Waals surface area (Å²) >= 11 is 9.57. The summed E-state index contributed by atoms with van der Waals surface area (Å²) in [5.41, 5.74) is 2.55. The molecule has 2 aromatic carbocycles. The van der Waals surface area contributed by atoms with E-state index in [0.717, 1.165) is 21.2 Å². The van der Waals surface area contributed by atoms with Crippen molar-refractivity contribution in [2.45, 2.75) is 13.0 Å². The summed E-state index contributed by atoms with van der Waals surface area (Å²) < 4.78 is 0.990. The van der Waals surface area contributed by atoms with Crippen LogP contribution >= 0.6 is 27.5 Å². The van der Waals surface area contributed by atoms with E-state index >= 15 is 0 Å². The molecule has 0 bridgehead atoms. The summed E-state index contributed by atoms with van der Waals surface area (Å²) in [4.78, 5) is 0. The van der Waals surface area contributed by atoms with Gasteiger partial charge in [-0.2, -0.15) is 0 Å². The monoisotopic (exact) mass is 310 g/mol. The number of rotatable bonds is 2. The summed E-state index contributed by atoms with van der Waals surface area (Å²) in [7, 11) is 0. The molecule has 0 radical (unpaired) electrons. The first-order valence-corrected chi connectivity index (χ1v) is 6.45. The van der Waals surface area contributed by atoms with Crippen LogP contribution in [0.1, 0.15) is 22.8 Å². The maximum atomic E-state index is 10.3. The van der Waals surface area contributed by atoms with E-state index in [0.29, 0.717) is 5.02 Å². The van der Waals surface area contributed by atoms with Crippen LogP contribution in [0.25, 0.3) is 0 Å². The molecule has 0 saturated heterocycles. The Labute approximate surface area is 114 Å². The van der Waals surface area contributed by atoms with Gasteiger partial charge in [0, 0.05) is 15.1 Å². The van der Waals surface area contributed by atoms with Gasteiger partial charge in [-0.05, 0) is 30.2 Å². The second-order valence-electron chi connectivity index (χ2n) is 3.93. The fourth-order valence-electron chi connectivity index (χ4n) is 1.71. The molecule has 1 atom stereocenters. The minimum atomic E-state index is -0.685. The molecule has 88 valence electrons. The van der Waals surface area contributed by atoms with Gasteiger partial charge >= 0.3 is 0 Å². The molecule has 0 amide bonds. The van der Waals surface area contributed by atoms with Crippen LogP contribution < -0.4 is 0 Å². The molecular formula is C14H12BrClO. The second kappa shape index (κ2) is 5.21. The molecule has 1 unspecified atom stereocenters. The summed E-state index contributed by atoms with van der Waals surface area (Å²) in [6.45, 7) is 1.93. The lowest BCUT2D eigenvalue weighted by Crippen LogP contribution is -2.01. The first kappa shape index (κ1) is 12.6. The highest BCUT2D eigenvalue weighted by Crippen LogP contribution is 2.30. The molecule has 17 heavy (non-hydrogen) atoms. The fourth-order valence-corrected chi connectivity index (χ4v) is 2.20. The lowest BCUT2D eigenvalue weighted by atomic mass is 10.00. The highest BCUT2D eigenvalue weighted by Gasteiger charge is 2.14. The van der Waals surface area contributed by atoms with Crippen molar-refractivity contribution >= 4 is 27.5 Å². The van der Waals surface area contributed by atoms with Gasteiger partial charge in [-0.3, -0.25) is 0 Å². The van der Waals surface area contributed by atoms with Crippen molar-refractivity contribution in [3.05, 3.63) is 68.7 Å². The topological polar surface area (TPSA) is 20.2 Å². The van der Waals surface area contributed by atoms with Gasteiger partial charge in [0.05, 0.1) is 0 Å². The van der Waals surface area contributed by atoms with E-state index in [1.54, 1.807) is 0 Å². The van der Waals surface area contributed by atoms with Crippen molar-refractivity contribution in [1.29, 1.82) is 0 Å². The molecule has 0 saturated carbocycles. The third kappa shape index (κ3) is 2.71. The Balaban J connectivity index is 2.40. The van der Waals surface area contributed by atoms with E-state index in [2.05, 4.69) is 15.9 Å². The number of halogens is 2. The van der Waals surface area contributed by atoms with Crippen LogP contribution in [0, 0.1) is 6.92 Å². The van der Waals surface area contributed by atoms with Crippen LogP contribution in [-0.4, -0.2) is 5.11 Å². The van der Waals surface area contributed by atoms with E-state index < -0.39 is 6.10 Å². The SMILES string of the molecule is Cc1cccc(C(O)c2ccc(Br)cc2)c1Cl. The van der Waals surface area contributed by atoms with Crippen molar-refractivity contribution in [2.75, 3.05) is 0 Å². The van der Waals surface area contributed by atoms with Gasteiger partial charge in [0.15, 0.2) is 0 Å². The zero-order valence-electron chi connectivity index (χ0n) is 9.32. The van der Waals surface area contributed by atoms with Crippen molar-refractivity contribution in [3.63, 3.8) is 0 Å². The smallest absolute Gasteiger partial charge is 0.105 e. The van der Waals surface area contributed by atoms with Crippen molar-refractivity contribution in [1.82, 2.24) is 0 Å². The van der Waals surface area contributed by atoms with Gasteiger partial charge < -0.3 is 5.11 Å². The van der Waals surface area contributed by atoms with Crippen molar-refractivity contribution in [3.8, 4) is 0 Å². The molecule has 0 spiro atoms. The van der Waals surface area contributed by atoms with Crippen LogP contribution in [0.5, 0.6) is 0 Å². The fraction of sp³-hybridized carbons (Fsp3) is 0.143. The van der Waals surface area contributed by atoms with Gasteiger partial charge in [-0.1, -0.05) is 57.9 Å². The molecule has 3 heteroatoms. The molecule has 0 fully saturated rings. The molecule has 0 aliphatic heterocycles. The van der Waals surface area contributed by atoms with Gasteiger partial charge in [-0.15, -0.1) is 0 Å². The predicted molar refractivity (Wildman–Crippen MR) is 74.4 cm³/mol. The van der Waals surface area contributed by atoms with Gasteiger partial charge in [0.1, 0.15) is 6.10 Å². The molecule has 0 aliphatic rings. The number of hydrogen-bond acceptors (Lipinski definition) is 1. The van der Waals surface area contributed by atoms with Gasteiger partial charge in [0.2, 0.25) is 0 Å². The third-order valence-corrected chi connectivity index (χ3v) is 3.75. The lowest BCUT2D eigenvalue weighted by molar-refractivity contribution is 0.220. The zero-order valence-corrected chi connectivity index (χ0v) is 11.7. The minimum absolute atomic E-state index is 0.628. The highest BCUT2D eigenvalue weighted by molar-refractivity contribution is 9.10. The molecule has 2 aromatic rings. The van der Waals surface area contributed by atoms with Crippen LogP contribution in [0.15, 0.2) is 46.9 Å². The Morgan fingerprint density at radius 3 is 2.41 bits per heavy atom. The quantitative estimate of drug-likeness (QED) is 0.866. The van der Waals surface area contributed by atoms with E-state index in [1.165, 1.54) is 0 Å². The van der Waals surface area contributed by atoms with Gasteiger partial charge in [-0.25, -0.2) is 0 Å². The Morgan fingerprint density at radius 2 is 1.76 bits per heavy atom. The average molecular weight is 312 g/mol. The number of benzene rings is 2. The molecular weight excluding hydrogens is 300 g/mol. The first-order chi connectivity index (χ1) is 8.09. The van der Waals surface area contributed by atoms with Gasteiger partial charge in [0.25, 0.3) is 0 Å².